The summed E-state index contributed by atoms with van der Waals surface area (Å²) in [6.45, 7) is 4.63. The van der Waals surface area contributed by atoms with E-state index in [-0.39, 0.29) is 0 Å². The Kier molecular flexibility index (Phi) is 3.26. The molecule has 0 amide bonds. The van der Waals surface area contributed by atoms with Crippen LogP contribution in [-0.4, -0.2) is 21.5 Å². The maximum atomic E-state index is 5.62. The molecule has 0 saturated heterocycles. The van der Waals surface area contributed by atoms with E-state index in [4.69, 9.17) is 5.73 Å². The van der Waals surface area contributed by atoms with E-state index in [1.165, 1.54) is 0 Å². The maximum Gasteiger partial charge on any atom is 0.111 e. The SMILES string of the molecule is Cc1nccnc1-c1csc(C(C)CN)n1. The van der Waals surface area contributed by atoms with Crippen LogP contribution in [0.25, 0.3) is 11.4 Å². The van der Waals surface area contributed by atoms with Gasteiger partial charge < -0.3 is 5.73 Å². The van der Waals surface area contributed by atoms with Gasteiger partial charge in [-0.05, 0) is 6.92 Å². The molecule has 0 saturated carbocycles. The van der Waals surface area contributed by atoms with Gasteiger partial charge in [0, 0.05) is 30.2 Å². The number of aromatic nitrogens is 3. The average molecular weight is 234 g/mol. The van der Waals surface area contributed by atoms with Crippen LogP contribution in [0.1, 0.15) is 23.5 Å². The second-order valence-corrected chi connectivity index (χ2v) is 4.59. The molecule has 2 heterocycles. The normalized spacial score (nSPS) is 12.7. The highest BCUT2D eigenvalue weighted by molar-refractivity contribution is 7.10. The van der Waals surface area contributed by atoms with Crippen LogP contribution in [0.15, 0.2) is 17.8 Å². The third kappa shape index (κ3) is 2.10. The molecule has 1 unspecified atom stereocenters. The molecule has 2 aromatic rings. The maximum absolute atomic E-state index is 5.62. The zero-order valence-corrected chi connectivity index (χ0v) is 10.2. The van der Waals surface area contributed by atoms with E-state index in [0.717, 1.165) is 22.1 Å². The number of rotatable bonds is 3. The van der Waals surface area contributed by atoms with Gasteiger partial charge in [-0.25, -0.2) is 4.98 Å². The minimum absolute atomic E-state index is 0.302. The Hall–Kier alpha value is -1.33. The van der Waals surface area contributed by atoms with Gasteiger partial charge >= 0.3 is 0 Å². The van der Waals surface area contributed by atoms with E-state index in [0.29, 0.717) is 12.5 Å². The van der Waals surface area contributed by atoms with E-state index in [1.807, 2.05) is 12.3 Å². The monoisotopic (exact) mass is 234 g/mol. The van der Waals surface area contributed by atoms with Crippen LogP contribution in [0.2, 0.25) is 0 Å². The van der Waals surface area contributed by atoms with E-state index < -0.39 is 0 Å². The summed E-state index contributed by atoms with van der Waals surface area (Å²) >= 11 is 1.63. The van der Waals surface area contributed by atoms with Crippen molar-refractivity contribution in [2.45, 2.75) is 19.8 Å². The second-order valence-electron chi connectivity index (χ2n) is 3.70. The van der Waals surface area contributed by atoms with Crippen LogP contribution >= 0.6 is 11.3 Å². The molecule has 1 atom stereocenters. The summed E-state index contributed by atoms with van der Waals surface area (Å²) in [6, 6.07) is 0. The van der Waals surface area contributed by atoms with Crippen molar-refractivity contribution in [1.82, 2.24) is 15.0 Å². The Morgan fingerprint density at radius 3 is 2.81 bits per heavy atom. The Morgan fingerprint density at radius 2 is 2.12 bits per heavy atom. The van der Waals surface area contributed by atoms with Gasteiger partial charge in [0.05, 0.1) is 10.7 Å². The summed E-state index contributed by atoms with van der Waals surface area (Å²) in [5, 5.41) is 3.07. The zero-order chi connectivity index (χ0) is 11.5. The fourth-order valence-corrected chi connectivity index (χ4v) is 2.26. The Labute approximate surface area is 98.6 Å². The van der Waals surface area contributed by atoms with Crippen LogP contribution in [0, 0.1) is 6.92 Å². The molecule has 2 aromatic heterocycles. The van der Waals surface area contributed by atoms with E-state index >= 15 is 0 Å². The molecule has 4 nitrogen and oxygen atoms in total. The van der Waals surface area contributed by atoms with Crippen molar-refractivity contribution >= 4 is 11.3 Å². The summed E-state index contributed by atoms with van der Waals surface area (Å²) in [4.78, 5) is 13.1. The van der Waals surface area contributed by atoms with Crippen molar-refractivity contribution in [1.29, 1.82) is 0 Å². The molecule has 0 fully saturated rings. The number of thiazole rings is 1. The molecule has 0 radical (unpaired) electrons. The summed E-state index contributed by atoms with van der Waals surface area (Å²) in [7, 11) is 0. The Bertz CT molecular complexity index is 480. The first-order valence-corrected chi connectivity index (χ1v) is 6.03. The molecule has 5 heteroatoms. The molecule has 0 aliphatic carbocycles. The third-order valence-electron chi connectivity index (χ3n) is 2.42. The van der Waals surface area contributed by atoms with Crippen molar-refractivity contribution in [2.24, 2.45) is 5.73 Å². The predicted octanol–water partition coefficient (Wildman–Crippen LogP) is 1.97. The largest absolute Gasteiger partial charge is 0.330 e. The summed E-state index contributed by atoms with van der Waals surface area (Å²) in [6.07, 6.45) is 3.38. The summed E-state index contributed by atoms with van der Waals surface area (Å²) in [5.74, 6) is 0.302. The van der Waals surface area contributed by atoms with Crippen molar-refractivity contribution in [3.63, 3.8) is 0 Å². The van der Waals surface area contributed by atoms with Crippen LogP contribution in [-0.2, 0) is 0 Å². The lowest BCUT2D eigenvalue weighted by Gasteiger charge is -2.02. The van der Waals surface area contributed by atoms with Crippen LogP contribution in [0.3, 0.4) is 0 Å². The Balaban J connectivity index is 2.35. The lowest BCUT2D eigenvalue weighted by atomic mass is 10.2. The van der Waals surface area contributed by atoms with Gasteiger partial charge in [0.2, 0.25) is 0 Å². The van der Waals surface area contributed by atoms with Gasteiger partial charge in [0.1, 0.15) is 11.4 Å². The Morgan fingerprint density at radius 1 is 1.38 bits per heavy atom. The van der Waals surface area contributed by atoms with Gasteiger partial charge in [-0.2, -0.15) is 0 Å². The molecule has 84 valence electrons. The smallest absolute Gasteiger partial charge is 0.111 e. The molecular weight excluding hydrogens is 220 g/mol. The van der Waals surface area contributed by atoms with Crippen LogP contribution in [0.4, 0.5) is 0 Å². The molecule has 16 heavy (non-hydrogen) atoms. The van der Waals surface area contributed by atoms with Crippen molar-refractivity contribution < 1.29 is 0 Å². The topological polar surface area (TPSA) is 64.7 Å². The molecular formula is C11H14N4S. The minimum atomic E-state index is 0.302. The lowest BCUT2D eigenvalue weighted by Crippen LogP contribution is -2.08. The molecule has 0 bridgehead atoms. The highest BCUT2D eigenvalue weighted by Crippen LogP contribution is 2.25. The van der Waals surface area contributed by atoms with Crippen LogP contribution in [0.5, 0.6) is 0 Å². The molecule has 0 aromatic carbocycles. The van der Waals surface area contributed by atoms with Gasteiger partial charge in [-0.15, -0.1) is 11.3 Å². The first kappa shape index (κ1) is 11.2. The van der Waals surface area contributed by atoms with Crippen molar-refractivity contribution in [3.05, 3.63) is 28.5 Å². The minimum Gasteiger partial charge on any atom is -0.330 e. The van der Waals surface area contributed by atoms with Gasteiger partial charge in [0.15, 0.2) is 0 Å². The predicted molar refractivity (Wildman–Crippen MR) is 65.3 cm³/mol. The van der Waals surface area contributed by atoms with Gasteiger partial charge in [-0.1, -0.05) is 6.92 Å². The van der Waals surface area contributed by atoms with E-state index in [2.05, 4.69) is 21.9 Å². The molecule has 0 spiro atoms. The van der Waals surface area contributed by atoms with Gasteiger partial charge in [0.25, 0.3) is 0 Å². The summed E-state index contributed by atoms with van der Waals surface area (Å²) in [5.41, 5.74) is 8.27. The standard InChI is InChI=1S/C11H14N4S/c1-7(5-12)11-15-9(6-16-11)10-8(2)13-3-4-14-10/h3-4,6-7H,5,12H2,1-2H3. The zero-order valence-electron chi connectivity index (χ0n) is 9.34. The third-order valence-corrected chi connectivity index (χ3v) is 3.50. The van der Waals surface area contributed by atoms with E-state index in [1.54, 1.807) is 23.7 Å². The van der Waals surface area contributed by atoms with Crippen molar-refractivity contribution in [2.75, 3.05) is 6.54 Å². The molecule has 2 rings (SSSR count). The number of nitrogens with two attached hydrogens (primary N) is 1. The number of hydrogen-bond acceptors (Lipinski definition) is 5. The summed E-state index contributed by atoms with van der Waals surface area (Å²) < 4.78 is 0. The molecule has 0 aliphatic heterocycles. The first-order valence-electron chi connectivity index (χ1n) is 5.16. The fraction of sp³-hybridized carbons (Fsp3) is 0.364. The van der Waals surface area contributed by atoms with Crippen LogP contribution < -0.4 is 5.73 Å². The number of hydrogen-bond donors (Lipinski definition) is 1. The quantitative estimate of drug-likeness (QED) is 0.881. The van der Waals surface area contributed by atoms with Crippen molar-refractivity contribution in [3.8, 4) is 11.4 Å². The lowest BCUT2D eigenvalue weighted by molar-refractivity contribution is 0.766. The molecule has 0 aliphatic rings. The number of nitrogens with zero attached hydrogens (tertiary/aromatic N) is 3. The highest BCUT2D eigenvalue weighted by Gasteiger charge is 2.12. The van der Waals surface area contributed by atoms with E-state index in [9.17, 15) is 0 Å². The second kappa shape index (κ2) is 4.67. The highest BCUT2D eigenvalue weighted by atomic mass is 32.1. The number of aryl methyl sites for hydroxylation is 1. The van der Waals surface area contributed by atoms with Gasteiger partial charge in [-0.3, -0.25) is 9.97 Å². The average Bonchev–Trinajstić information content (AvgIpc) is 2.78. The molecule has 2 N–H and O–H groups in total. The fourth-order valence-electron chi connectivity index (χ4n) is 1.38. The first-order chi connectivity index (χ1) is 7.72.